The van der Waals surface area contributed by atoms with E-state index in [1.54, 1.807) is 6.20 Å². The fraction of sp³-hybridized carbons (Fsp3) is 0.500. The van der Waals surface area contributed by atoms with Crippen molar-refractivity contribution in [3.63, 3.8) is 0 Å². The molecule has 26 heavy (non-hydrogen) atoms. The minimum absolute atomic E-state index is 0. The van der Waals surface area contributed by atoms with Crippen molar-refractivity contribution in [1.82, 2.24) is 20.4 Å². The predicted octanol–water partition coefficient (Wildman–Crippen LogP) is 3.39. The van der Waals surface area contributed by atoms with Crippen molar-refractivity contribution in [2.75, 3.05) is 0 Å². The second kappa shape index (κ2) is 8.23. The average molecular weight is 375 g/mol. The van der Waals surface area contributed by atoms with Crippen molar-refractivity contribution >= 4 is 18.3 Å². The van der Waals surface area contributed by atoms with Gasteiger partial charge in [-0.05, 0) is 56.2 Å². The van der Waals surface area contributed by atoms with Gasteiger partial charge in [0.2, 0.25) is 5.91 Å². The van der Waals surface area contributed by atoms with Crippen molar-refractivity contribution in [3.8, 4) is 5.69 Å². The molecule has 2 fully saturated rings. The lowest BCUT2D eigenvalue weighted by molar-refractivity contribution is -0.122. The summed E-state index contributed by atoms with van der Waals surface area (Å²) in [6.07, 6.45) is 9.17. The average Bonchev–Trinajstić information content (AvgIpc) is 3.24. The van der Waals surface area contributed by atoms with Crippen LogP contribution in [0.1, 0.15) is 50.6 Å². The molecule has 0 saturated carbocycles. The Morgan fingerprint density at radius 2 is 2.00 bits per heavy atom. The minimum atomic E-state index is -0.0358. The molecular formula is C20H27ClN4O. The first kappa shape index (κ1) is 18.9. The Kier molecular flexibility index (Phi) is 5.99. The second-order valence-corrected chi connectivity index (χ2v) is 7.48. The Labute approximate surface area is 161 Å². The number of piperidine rings is 1. The number of carbonyl (C=O) groups excluding carboxylic acids is 1. The zero-order valence-electron chi connectivity index (χ0n) is 15.1. The number of rotatable bonds is 5. The van der Waals surface area contributed by atoms with E-state index in [0.29, 0.717) is 24.4 Å². The summed E-state index contributed by atoms with van der Waals surface area (Å²) in [6.45, 7) is 2.05. The summed E-state index contributed by atoms with van der Waals surface area (Å²) in [5, 5.41) is 11.2. The van der Waals surface area contributed by atoms with E-state index in [1.165, 1.54) is 12.8 Å². The zero-order chi connectivity index (χ0) is 17.2. The molecule has 1 amide bonds. The number of para-hydroxylation sites is 1. The largest absolute Gasteiger partial charge is 0.349 e. The molecule has 2 aromatic rings. The van der Waals surface area contributed by atoms with Crippen LogP contribution in [-0.2, 0) is 4.79 Å². The first-order valence-electron chi connectivity index (χ1n) is 9.33. The zero-order valence-corrected chi connectivity index (χ0v) is 15.9. The highest BCUT2D eigenvalue weighted by atomic mass is 35.5. The third-order valence-electron chi connectivity index (χ3n) is 5.58. The van der Waals surface area contributed by atoms with E-state index < -0.39 is 0 Å². The Bertz CT molecular complexity index is 721. The van der Waals surface area contributed by atoms with Crippen LogP contribution in [0.3, 0.4) is 0 Å². The van der Waals surface area contributed by atoms with E-state index >= 15 is 0 Å². The van der Waals surface area contributed by atoms with Crippen LogP contribution >= 0.6 is 12.4 Å². The van der Waals surface area contributed by atoms with Crippen LogP contribution in [0.4, 0.5) is 0 Å². The number of aromatic nitrogens is 2. The number of nitrogens with one attached hydrogen (secondary N) is 2. The molecule has 4 rings (SSSR count). The normalized spacial score (nSPS) is 25.3. The monoisotopic (exact) mass is 374 g/mol. The molecule has 0 aliphatic carbocycles. The molecule has 0 spiro atoms. The summed E-state index contributed by atoms with van der Waals surface area (Å²) in [5.41, 5.74) is 2.10. The van der Waals surface area contributed by atoms with E-state index in [2.05, 4.69) is 21.8 Å². The molecule has 0 radical (unpaired) electrons. The van der Waals surface area contributed by atoms with Gasteiger partial charge in [-0.1, -0.05) is 18.2 Å². The van der Waals surface area contributed by atoms with Crippen LogP contribution in [0.25, 0.3) is 5.69 Å². The molecule has 2 bridgehead atoms. The van der Waals surface area contributed by atoms with Gasteiger partial charge in [-0.3, -0.25) is 4.79 Å². The maximum atomic E-state index is 12.6. The van der Waals surface area contributed by atoms with Crippen LogP contribution < -0.4 is 10.6 Å². The Hall–Kier alpha value is -1.85. The van der Waals surface area contributed by atoms with Gasteiger partial charge in [-0.25, -0.2) is 4.68 Å². The Morgan fingerprint density at radius 1 is 1.27 bits per heavy atom. The van der Waals surface area contributed by atoms with E-state index in [1.807, 2.05) is 42.1 Å². The number of benzene rings is 1. The van der Waals surface area contributed by atoms with Crippen LogP contribution in [-0.4, -0.2) is 27.8 Å². The summed E-state index contributed by atoms with van der Waals surface area (Å²) < 4.78 is 1.85. The highest BCUT2D eigenvalue weighted by Gasteiger charge is 2.34. The van der Waals surface area contributed by atoms with Gasteiger partial charge in [0, 0.05) is 30.9 Å². The number of hydrogen-bond donors (Lipinski definition) is 2. The van der Waals surface area contributed by atoms with Crippen molar-refractivity contribution in [1.29, 1.82) is 0 Å². The van der Waals surface area contributed by atoms with E-state index in [0.717, 1.165) is 24.1 Å². The standard InChI is InChI=1S/C20H26N4O.ClH/c1-14(18-5-2-3-6-19(18)24-10-4-9-21-24)22-20(25)13-15-11-16-7-8-17(12-15)23-16;/h2-6,9-10,14-17,23H,7-8,11-13H2,1H3,(H,22,25);1H. The van der Waals surface area contributed by atoms with Crippen molar-refractivity contribution < 1.29 is 4.79 Å². The lowest BCUT2D eigenvalue weighted by atomic mass is 9.89. The molecule has 1 aromatic heterocycles. The molecule has 2 aliphatic rings. The molecule has 3 unspecified atom stereocenters. The van der Waals surface area contributed by atoms with Gasteiger partial charge in [-0.2, -0.15) is 5.10 Å². The molecule has 5 nitrogen and oxygen atoms in total. The second-order valence-electron chi connectivity index (χ2n) is 7.48. The summed E-state index contributed by atoms with van der Waals surface area (Å²) in [6, 6.07) is 11.2. The van der Waals surface area contributed by atoms with Crippen molar-refractivity contribution in [2.45, 2.75) is 57.2 Å². The van der Waals surface area contributed by atoms with Crippen LogP contribution in [0.2, 0.25) is 0 Å². The molecule has 2 N–H and O–H groups in total. The lowest BCUT2D eigenvalue weighted by Crippen LogP contribution is -2.40. The number of carbonyl (C=O) groups is 1. The van der Waals surface area contributed by atoms with Gasteiger partial charge < -0.3 is 10.6 Å². The maximum Gasteiger partial charge on any atom is 0.220 e. The SMILES string of the molecule is CC(NC(=O)CC1CC2CCC(C1)N2)c1ccccc1-n1cccn1.Cl. The molecule has 140 valence electrons. The van der Waals surface area contributed by atoms with Crippen molar-refractivity contribution in [2.24, 2.45) is 5.92 Å². The first-order chi connectivity index (χ1) is 12.2. The van der Waals surface area contributed by atoms with E-state index in [4.69, 9.17) is 0 Å². The van der Waals surface area contributed by atoms with Gasteiger partial charge in [0.25, 0.3) is 0 Å². The quantitative estimate of drug-likeness (QED) is 0.843. The van der Waals surface area contributed by atoms with E-state index in [-0.39, 0.29) is 24.4 Å². The third-order valence-corrected chi connectivity index (χ3v) is 5.58. The predicted molar refractivity (Wildman–Crippen MR) is 105 cm³/mol. The summed E-state index contributed by atoms with van der Waals surface area (Å²) in [5.74, 6) is 0.682. The third kappa shape index (κ3) is 4.10. The van der Waals surface area contributed by atoms with Crippen LogP contribution in [0.15, 0.2) is 42.7 Å². The maximum absolute atomic E-state index is 12.6. The number of nitrogens with zero attached hydrogens (tertiary/aromatic N) is 2. The smallest absolute Gasteiger partial charge is 0.220 e. The number of halogens is 1. The molecule has 2 aliphatic heterocycles. The fourth-order valence-electron chi connectivity index (χ4n) is 4.46. The van der Waals surface area contributed by atoms with Crippen LogP contribution in [0.5, 0.6) is 0 Å². The molecule has 3 atom stereocenters. The highest BCUT2D eigenvalue weighted by Crippen LogP contribution is 2.32. The molecule has 3 heterocycles. The summed E-state index contributed by atoms with van der Waals surface area (Å²) in [7, 11) is 0. The van der Waals surface area contributed by atoms with Gasteiger partial charge in [0.1, 0.15) is 0 Å². The summed E-state index contributed by atoms with van der Waals surface area (Å²) in [4.78, 5) is 12.6. The summed E-state index contributed by atoms with van der Waals surface area (Å²) >= 11 is 0. The number of fused-ring (bicyclic) bond motifs is 2. The van der Waals surface area contributed by atoms with Gasteiger partial charge in [-0.15, -0.1) is 12.4 Å². The fourth-order valence-corrected chi connectivity index (χ4v) is 4.46. The lowest BCUT2D eigenvalue weighted by Gasteiger charge is -2.29. The van der Waals surface area contributed by atoms with Crippen molar-refractivity contribution in [3.05, 3.63) is 48.3 Å². The molecule has 1 aromatic carbocycles. The van der Waals surface area contributed by atoms with Crippen LogP contribution in [0, 0.1) is 5.92 Å². The molecule has 6 heteroatoms. The number of amides is 1. The van der Waals surface area contributed by atoms with Gasteiger partial charge in [0.05, 0.1) is 11.7 Å². The molecular weight excluding hydrogens is 348 g/mol. The number of hydrogen-bond acceptors (Lipinski definition) is 3. The Balaban J connectivity index is 0.00000196. The Morgan fingerprint density at radius 3 is 2.69 bits per heavy atom. The van der Waals surface area contributed by atoms with E-state index in [9.17, 15) is 4.79 Å². The van der Waals surface area contributed by atoms with Gasteiger partial charge >= 0.3 is 0 Å². The topological polar surface area (TPSA) is 59.0 Å². The first-order valence-corrected chi connectivity index (χ1v) is 9.33. The van der Waals surface area contributed by atoms with Gasteiger partial charge in [0.15, 0.2) is 0 Å². The minimum Gasteiger partial charge on any atom is -0.349 e. The molecule has 2 saturated heterocycles. The highest BCUT2D eigenvalue weighted by molar-refractivity contribution is 5.85.